The molecule has 2 rings (SSSR count). The number of amides is 2. The number of hydrogen-bond acceptors (Lipinski definition) is 2. The highest BCUT2D eigenvalue weighted by Gasteiger charge is 2.31. The Morgan fingerprint density at radius 2 is 1.86 bits per heavy atom. The summed E-state index contributed by atoms with van der Waals surface area (Å²) in [4.78, 5) is 14.4. The predicted octanol–water partition coefficient (Wildman–Crippen LogP) is 3.12. The standard InChI is InChI=1S/C18H28N2O2/c1-13-9-10-14(2)20(13)18(22)19-12-17(11-15(3)21)16-7-5-4-6-8-16/h4-8,13-15,17,21H,9-12H2,1-3H3,(H,19,22). The van der Waals surface area contributed by atoms with Gasteiger partial charge in [0.15, 0.2) is 0 Å². The lowest BCUT2D eigenvalue weighted by Gasteiger charge is -2.28. The maximum absolute atomic E-state index is 12.4. The van der Waals surface area contributed by atoms with Gasteiger partial charge in [0.1, 0.15) is 0 Å². The number of likely N-dealkylation sites (tertiary alicyclic amines) is 1. The van der Waals surface area contributed by atoms with Crippen LogP contribution in [0.25, 0.3) is 0 Å². The van der Waals surface area contributed by atoms with Gasteiger partial charge in [0.05, 0.1) is 6.10 Å². The molecule has 22 heavy (non-hydrogen) atoms. The Morgan fingerprint density at radius 3 is 2.41 bits per heavy atom. The SMILES string of the molecule is CC(O)CC(CNC(=O)N1C(C)CCC1C)c1ccccc1. The van der Waals surface area contributed by atoms with E-state index >= 15 is 0 Å². The second-order valence-corrected chi connectivity index (χ2v) is 6.56. The molecule has 1 saturated heterocycles. The first-order chi connectivity index (χ1) is 10.5. The Morgan fingerprint density at radius 1 is 1.27 bits per heavy atom. The summed E-state index contributed by atoms with van der Waals surface area (Å²) in [5, 5.41) is 12.8. The third-order valence-electron chi connectivity index (χ3n) is 4.58. The molecule has 4 atom stereocenters. The molecule has 0 bridgehead atoms. The molecular formula is C18H28N2O2. The molecule has 0 saturated carbocycles. The van der Waals surface area contributed by atoms with E-state index in [1.165, 1.54) is 0 Å². The zero-order valence-corrected chi connectivity index (χ0v) is 13.8. The number of hydrogen-bond donors (Lipinski definition) is 2. The van der Waals surface area contributed by atoms with Gasteiger partial charge in [0, 0.05) is 24.5 Å². The number of urea groups is 1. The molecular weight excluding hydrogens is 276 g/mol. The van der Waals surface area contributed by atoms with Crippen LogP contribution in [0.2, 0.25) is 0 Å². The van der Waals surface area contributed by atoms with Crippen LogP contribution in [0, 0.1) is 0 Å². The van der Waals surface area contributed by atoms with Crippen LogP contribution in [0.15, 0.2) is 30.3 Å². The van der Waals surface area contributed by atoms with E-state index in [0.29, 0.717) is 25.0 Å². The van der Waals surface area contributed by atoms with E-state index in [2.05, 4.69) is 31.3 Å². The summed E-state index contributed by atoms with van der Waals surface area (Å²) in [5.41, 5.74) is 1.16. The van der Waals surface area contributed by atoms with Gasteiger partial charge in [-0.1, -0.05) is 30.3 Å². The summed E-state index contributed by atoms with van der Waals surface area (Å²) < 4.78 is 0. The van der Waals surface area contributed by atoms with Crippen LogP contribution >= 0.6 is 0 Å². The van der Waals surface area contributed by atoms with Gasteiger partial charge in [-0.05, 0) is 45.6 Å². The number of benzene rings is 1. The fourth-order valence-corrected chi connectivity index (χ4v) is 3.37. The molecule has 1 heterocycles. The molecule has 0 radical (unpaired) electrons. The van der Waals surface area contributed by atoms with Crippen molar-refractivity contribution >= 4 is 6.03 Å². The lowest BCUT2D eigenvalue weighted by atomic mass is 9.93. The van der Waals surface area contributed by atoms with Crippen LogP contribution in [0.4, 0.5) is 4.79 Å². The number of nitrogens with one attached hydrogen (secondary N) is 1. The van der Waals surface area contributed by atoms with Crippen molar-refractivity contribution in [2.75, 3.05) is 6.54 Å². The minimum Gasteiger partial charge on any atom is -0.393 e. The maximum atomic E-state index is 12.4. The third kappa shape index (κ3) is 4.23. The van der Waals surface area contributed by atoms with E-state index in [0.717, 1.165) is 18.4 Å². The van der Waals surface area contributed by atoms with Crippen molar-refractivity contribution in [1.82, 2.24) is 10.2 Å². The molecule has 4 nitrogen and oxygen atoms in total. The summed E-state index contributed by atoms with van der Waals surface area (Å²) in [5.74, 6) is 0.137. The first-order valence-electron chi connectivity index (χ1n) is 8.28. The molecule has 1 aromatic carbocycles. The van der Waals surface area contributed by atoms with Crippen molar-refractivity contribution in [1.29, 1.82) is 0 Å². The van der Waals surface area contributed by atoms with E-state index in [1.807, 2.05) is 23.1 Å². The number of rotatable bonds is 5. The molecule has 0 spiro atoms. The summed E-state index contributed by atoms with van der Waals surface area (Å²) in [6.07, 6.45) is 2.41. The molecule has 1 aromatic rings. The summed E-state index contributed by atoms with van der Waals surface area (Å²) >= 11 is 0. The molecule has 0 aromatic heterocycles. The Bertz CT molecular complexity index is 465. The number of aliphatic hydroxyl groups is 1. The second-order valence-electron chi connectivity index (χ2n) is 6.56. The van der Waals surface area contributed by atoms with Gasteiger partial charge in [0.25, 0.3) is 0 Å². The maximum Gasteiger partial charge on any atom is 0.317 e. The van der Waals surface area contributed by atoms with Gasteiger partial charge in [-0.3, -0.25) is 0 Å². The molecule has 1 aliphatic rings. The highest BCUT2D eigenvalue weighted by molar-refractivity contribution is 5.75. The first-order valence-corrected chi connectivity index (χ1v) is 8.28. The zero-order chi connectivity index (χ0) is 16.1. The number of aliphatic hydroxyl groups excluding tert-OH is 1. The average Bonchev–Trinajstić information content (AvgIpc) is 2.83. The second kappa shape index (κ2) is 7.63. The van der Waals surface area contributed by atoms with Crippen molar-refractivity contribution in [3.8, 4) is 0 Å². The molecule has 2 amide bonds. The summed E-state index contributed by atoms with van der Waals surface area (Å²) in [6, 6.07) is 10.7. The minimum atomic E-state index is -0.383. The van der Waals surface area contributed by atoms with E-state index < -0.39 is 0 Å². The molecule has 2 N–H and O–H groups in total. The lowest BCUT2D eigenvalue weighted by molar-refractivity contribution is 0.166. The van der Waals surface area contributed by atoms with E-state index in [9.17, 15) is 9.90 Å². The molecule has 122 valence electrons. The summed E-state index contributed by atoms with van der Waals surface area (Å²) in [7, 11) is 0. The highest BCUT2D eigenvalue weighted by atomic mass is 16.3. The minimum absolute atomic E-state index is 0.0176. The van der Waals surface area contributed by atoms with Gasteiger partial charge in [-0.25, -0.2) is 4.79 Å². The monoisotopic (exact) mass is 304 g/mol. The number of carbonyl (C=O) groups excluding carboxylic acids is 1. The highest BCUT2D eigenvalue weighted by Crippen LogP contribution is 2.24. The van der Waals surface area contributed by atoms with Crippen molar-refractivity contribution in [2.24, 2.45) is 0 Å². The van der Waals surface area contributed by atoms with Gasteiger partial charge >= 0.3 is 6.03 Å². The van der Waals surface area contributed by atoms with E-state index in [4.69, 9.17) is 0 Å². The quantitative estimate of drug-likeness (QED) is 0.878. The van der Waals surface area contributed by atoms with Crippen LogP contribution in [0.1, 0.15) is 51.5 Å². The van der Waals surface area contributed by atoms with Crippen LogP contribution < -0.4 is 5.32 Å². The largest absolute Gasteiger partial charge is 0.393 e. The van der Waals surface area contributed by atoms with Crippen LogP contribution in [0.3, 0.4) is 0 Å². The molecule has 4 heteroatoms. The van der Waals surface area contributed by atoms with Crippen LogP contribution in [0.5, 0.6) is 0 Å². The van der Waals surface area contributed by atoms with Crippen LogP contribution in [-0.2, 0) is 0 Å². The van der Waals surface area contributed by atoms with Crippen molar-refractivity contribution < 1.29 is 9.90 Å². The number of carbonyl (C=O) groups is 1. The van der Waals surface area contributed by atoms with E-state index in [-0.39, 0.29) is 18.1 Å². The molecule has 0 aliphatic carbocycles. The average molecular weight is 304 g/mol. The van der Waals surface area contributed by atoms with Crippen molar-refractivity contribution in [3.63, 3.8) is 0 Å². The zero-order valence-electron chi connectivity index (χ0n) is 13.8. The predicted molar refractivity (Wildman–Crippen MR) is 88.9 cm³/mol. The molecule has 4 unspecified atom stereocenters. The first kappa shape index (κ1) is 16.8. The normalized spacial score (nSPS) is 24.1. The number of nitrogens with zero attached hydrogens (tertiary/aromatic N) is 1. The summed E-state index contributed by atoms with van der Waals surface area (Å²) in [6.45, 7) is 6.56. The van der Waals surface area contributed by atoms with Gasteiger partial charge in [-0.15, -0.1) is 0 Å². The van der Waals surface area contributed by atoms with E-state index in [1.54, 1.807) is 6.92 Å². The smallest absolute Gasteiger partial charge is 0.317 e. The lowest BCUT2D eigenvalue weighted by Crippen LogP contribution is -2.46. The Kier molecular flexibility index (Phi) is 5.83. The van der Waals surface area contributed by atoms with Crippen molar-refractivity contribution in [2.45, 2.75) is 64.1 Å². The molecule has 1 aliphatic heterocycles. The van der Waals surface area contributed by atoms with Crippen LogP contribution in [-0.4, -0.2) is 40.8 Å². The Hall–Kier alpha value is -1.55. The van der Waals surface area contributed by atoms with Gasteiger partial charge in [0.2, 0.25) is 0 Å². The fourth-order valence-electron chi connectivity index (χ4n) is 3.37. The molecule has 1 fully saturated rings. The topological polar surface area (TPSA) is 52.6 Å². The Labute approximate surface area is 133 Å². The van der Waals surface area contributed by atoms with Gasteiger partial charge in [-0.2, -0.15) is 0 Å². The van der Waals surface area contributed by atoms with Gasteiger partial charge < -0.3 is 15.3 Å². The third-order valence-corrected chi connectivity index (χ3v) is 4.58. The van der Waals surface area contributed by atoms with Crippen molar-refractivity contribution in [3.05, 3.63) is 35.9 Å². The Balaban J connectivity index is 1.98. The fraction of sp³-hybridized carbons (Fsp3) is 0.611.